The van der Waals surface area contributed by atoms with Gasteiger partial charge in [-0.2, -0.15) is 0 Å². The fraction of sp³-hybridized carbons (Fsp3) is 0.462. The van der Waals surface area contributed by atoms with Crippen LogP contribution in [0.1, 0.15) is 25.8 Å². The highest BCUT2D eigenvalue weighted by Crippen LogP contribution is 2.21. The van der Waals surface area contributed by atoms with Gasteiger partial charge in [0.1, 0.15) is 11.8 Å². The van der Waals surface area contributed by atoms with E-state index in [0.29, 0.717) is 23.1 Å². The number of halogens is 1. The minimum absolute atomic E-state index is 0.365. The molecule has 0 bridgehead atoms. The number of rotatable bonds is 4. The Labute approximate surface area is 107 Å². The number of hydrogen-bond donors (Lipinski definition) is 1. The molecule has 2 N–H and O–H groups in total. The normalized spacial score (nSPS) is 12.6. The Bertz CT molecular complexity index is 404. The first-order valence-electron chi connectivity index (χ1n) is 5.63. The van der Waals surface area contributed by atoms with Crippen molar-refractivity contribution in [2.24, 2.45) is 11.7 Å². The van der Waals surface area contributed by atoms with Gasteiger partial charge < -0.3 is 10.5 Å². The Morgan fingerprint density at radius 2 is 2.12 bits per heavy atom. The number of aryl methyl sites for hydroxylation is 1. The fourth-order valence-electron chi connectivity index (χ4n) is 1.48. The van der Waals surface area contributed by atoms with Gasteiger partial charge in [0.25, 0.3) is 0 Å². The molecule has 0 aliphatic heterocycles. The van der Waals surface area contributed by atoms with Gasteiger partial charge in [0, 0.05) is 5.02 Å². The summed E-state index contributed by atoms with van der Waals surface area (Å²) in [5.41, 5.74) is 6.60. The standard InChI is InChI=1S/C13H18ClNO2/c1-8(2)6-12(15)13(16)17-10-4-5-11(14)9(3)7-10/h4-5,7-8,12H,6,15H2,1-3H3. The quantitative estimate of drug-likeness (QED) is 0.665. The molecule has 0 spiro atoms. The average molecular weight is 256 g/mol. The Hall–Kier alpha value is -1.06. The lowest BCUT2D eigenvalue weighted by Gasteiger charge is -2.13. The number of nitrogens with two attached hydrogens (primary N) is 1. The first-order valence-corrected chi connectivity index (χ1v) is 6.01. The molecule has 17 heavy (non-hydrogen) atoms. The molecule has 1 unspecified atom stereocenters. The van der Waals surface area contributed by atoms with E-state index in [9.17, 15) is 4.79 Å². The Kier molecular flexibility index (Phi) is 4.97. The van der Waals surface area contributed by atoms with E-state index in [0.717, 1.165) is 5.56 Å². The monoisotopic (exact) mass is 255 g/mol. The first kappa shape index (κ1) is 14.0. The average Bonchev–Trinajstić information content (AvgIpc) is 2.22. The number of carbonyl (C=O) groups is 1. The topological polar surface area (TPSA) is 52.3 Å². The largest absolute Gasteiger partial charge is 0.425 e. The van der Waals surface area contributed by atoms with Crippen LogP contribution >= 0.6 is 11.6 Å². The molecular formula is C13H18ClNO2. The lowest BCUT2D eigenvalue weighted by Crippen LogP contribution is -2.35. The highest BCUT2D eigenvalue weighted by molar-refractivity contribution is 6.31. The van der Waals surface area contributed by atoms with Crippen LogP contribution in [-0.4, -0.2) is 12.0 Å². The Balaban J connectivity index is 2.64. The maximum Gasteiger partial charge on any atom is 0.328 e. The number of hydrogen-bond acceptors (Lipinski definition) is 3. The number of benzene rings is 1. The molecule has 4 heteroatoms. The van der Waals surface area contributed by atoms with Gasteiger partial charge >= 0.3 is 5.97 Å². The highest BCUT2D eigenvalue weighted by atomic mass is 35.5. The first-order chi connectivity index (χ1) is 7.90. The molecule has 0 aliphatic carbocycles. The van der Waals surface area contributed by atoms with Crippen LogP contribution in [0.5, 0.6) is 5.75 Å². The molecule has 0 saturated heterocycles. The Morgan fingerprint density at radius 1 is 1.47 bits per heavy atom. The summed E-state index contributed by atoms with van der Waals surface area (Å²) in [6.07, 6.45) is 0.616. The second kappa shape index (κ2) is 6.03. The summed E-state index contributed by atoms with van der Waals surface area (Å²) in [7, 11) is 0. The molecule has 0 fully saturated rings. The zero-order chi connectivity index (χ0) is 13.0. The Morgan fingerprint density at radius 3 is 2.65 bits per heavy atom. The lowest BCUT2D eigenvalue weighted by molar-refractivity contribution is -0.136. The van der Waals surface area contributed by atoms with Gasteiger partial charge in [-0.3, -0.25) is 0 Å². The number of esters is 1. The molecular weight excluding hydrogens is 238 g/mol. The minimum Gasteiger partial charge on any atom is -0.425 e. The van der Waals surface area contributed by atoms with Gasteiger partial charge in [-0.05, 0) is 43.0 Å². The van der Waals surface area contributed by atoms with Crippen LogP contribution in [0.4, 0.5) is 0 Å². The van der Waals surface area contributed by atoms with Gasteiger partial charge in [0.2, 0.25) is 0 Å². The third-order valence-corrected chi connectivity index (χ3v) is 2.80. The molecule has 0 radical (unpaired) electrons. The summed E-state index contributed by atoms with van der Waals surface area (Å²) in [4.78, 5) is 11.7. The van der Waals surface area contributed by atoms with E-state index in [-0.39, 0.29) is 0 Å². The van der Waals surface area contributed by atoms with Gasteiger partial charge in [-0.1, -0.05) is 25.4 Å². The molecule has 0 saturated carbocycles. The van der Waals surface area contributed by atoms with Crippen molar-refractivity contribution in [2.45, 2.75) is 33.2 Å². The maximum atomic E-state index is 11.7. The summed E-state index contributed by atoms with van der Waals surface area (Å²) in [6, 6.07) is 4.51. The van der Waals surface area contributed by atoms with Crippen molar-refractivity contribution in [3.8, 4) is 5.75 Å². The van der Waals surface area contributed by atoms with Gasteiger partial charge in [-0.15, -0.1) is 0 Å². The predicted octanol–water partition coefficient (Wildman–Crippen LogP) is 2.93. The van der Waals surface area contributed by atoms with Gasteiger partial charge in [-0.25, -0.2) is 4.79 Å². The van der Waals surface area contributed by atoms with Crippen molar-refractivity contribution < 1.29 is 9.53 Å². The SMILES string of the molecule is Cc1cc(OC(=O)C(N)CC(C)C)ccc1Cl. The molecule has 0 amide bonds. The minimum atomic E-state index is -0.578. The van der Waals surface area contributed by atoms with E-state index in [4.69, 9.17) is 22.1 Å². The highest BCUT2D eigenvalue weighted by Gasteiger charge is 2.17. The predicted molar refractivity (Wildman–Crippen MR) is 69.3 cm³/mol. The molecule has 1 aromatic rings. The second-order valence-electron chi connectivity index (χ2n) is 4.57. The van der Waals surface area contributed by atoms with Gasteiger partial charge in [0.15, 0.2) is 0 Å². The van der Waals surface area contributed by atoms with Crippen LogP contribution in [-0.2, 0) is 4.79 Å². The molecule has 94 valence electrons. The van der Waals surface area contributed by atoms with E-state index in [1.807, 2.05) is 20.8 Å². The van der Waals surface area contributed by atoms with E-state index in [1.165, 1.54) is 0 Å². The summed E-state index contributed by atoms with van der Waals surface area (Å²) in [6.45, 7) is 5.88. The smallest absolute Gasteiger partial charge is 0.328 e. The zero-order valence-electron chi connectivity index (χ0n) is 10.4. The lowest BCUT2D eigenvalue weighted by atomic mass is 10.1. The van der Waals surface area contributed by atoms with Crippen molar-refractivity contribution in [3.63, 3.8) is 0 Å². The van der Waals surface area contributed by atoms with Crippen LogP contribution in [0.3, 0.4) is 0 Å². The second-order valence-corrected chi connectivity index (χ2v) is 4.98. The molecule has 3 nitrogen and oxygen atoms in total. The maximum absolute atomic E-state index is 11.7. The third-order valence-electron chi connectivity index (χ3n) is 2.38. The van der Waals surface area contributed by atoms with Crippen molar-refractivity contribution in [3.05, 3.63) is 28.8 Å². The van der Waals surface area contributed by atoms with Crippen LogP contribution in [0.25, 0.3) is 0 Å². The fourth-order valence-corrected chi connectivity index (χ4v) is 1.59. The van der Waals surface area contributed by atoms with E-state index in [1.54, 1.807) is 18.2 Å². The summed E-state index contributed by atoms with van der Waals surface area (Å²) in [5, 5.41) is 0.649. The molecule has 1 atom stereocenters. The van der Waals surface area contributed by atoms with Crippen molar-refractivity contribution >= 4 is 17.6 Å². The van der Waals surface area contributed by atoms with E-state index >= 15 is 0 Å². The number of ether oxygens (including phenoxy) is 1. The van der Waals surface area contributed by atoms with Crippen LogP contribution in [0, 0.1) is 12.8 Å². The summed E-state index contributed by atoms with van der Waals surface area (Å²) in [5.74, 6) is 0.445. The van der Waals surface area contributed by atoms with E-state index < -0.39 is 12.0 Å². The molecule has 1 aromatic carbocycles. The van der Waals surface area contributed by atoms with Crippen LogP contribution in [0.15, 0.2) is 18.2 Å². The van der Waals surface area contributed by atoms with E-state index in [2.05, 4.69) is 0 Å². The molecule has 1 rings (SSSR count). The third kappa shape index (κ3) is 4.36. The van der Waals surface area contributed by atoms with Gasteiger partial charge in [0.05, 0.1) is 0 Å². The van der Waals surface area contributed by atoms with Crippen LogP contribution in [0.2, 0.25) is 5.02 Å². The van der Waals surface area contributed by atoms with Crippen molar-refractivity contribution in [1.29, 1.82) is 0 Å². The van der Waals surface area contributed by atoms with Crippen molar-refractivity contribution in [1.82, 2.24) is 0 Å². The summed E-state index contributed by atoms with van der Waals surface area (Å²) < 4.78 is 5.19. The number of carbonyl (C=O) groups excluding carboxylic acids is 1. The summed E-state index contributed by atoms with van der Waals surface area (Å²) >= 11 is 5.88. The molecule has 0 aliphatic rings. The zero-order valence-corrected chi connectivity index (χ0v) is 11.1. The molecule has 0 heterocycles. The van der Waals surface area contributed by atoms with Crippen LogP contribution < -0.4 is 10.5 Å². The van der Waals surface area contributed by atoms with Crippen molar-refractivity contribution in [2.75, 3.05) is 0 Å². The molecule has 0 aromatic heterocycles.